The van der Waals surface area contributed by atoms with Crippen LogP contribution in [0.2, 0.25) is 0 Å². The molecule has 0 unspecified atom stereocenters. The van der Waals surface area contributed by atoms with Crippen LogP contribution in [0, 0.1) is 5.82 Å². The fourth-order valence-corrected chi connectivity index (χ4v) is 5.08. The van der Waals surface area contributed by atoms with Crippen LogP contribution in [0.5, 0.6) is 0 Å². The SMILES string of the molecule is O=C(c1ccc(CSC2=N/C(=C/c3ccccc3)C(=O)N2c2ccc(F)cc2)cc1)N1CCCC1. The third kappa shape index (κ3) is 5.20. The van der Waals surface area contributed by atoms with E-state index in [4.69, 9.17) is 0 Å². The smallest absolute Gasteiger partial charge is 0.283 e. The van der Waals surface area contributed by atoms with Crippen LogP contribution in [-0.4, -0.2) is 35.0 Å². The largest absolute Gasteiger partial charge is 0.339 e. The lowest BCUT2D eigenvalue weighted by atomic mass is 10.1. The maximum Gasteiger partial charge on any atom is 0.283 e. The number of amides is 2. The summed E-state index contributed by atoms with van der Waals surface area (Å²) < 4.78 is 13.5. The molecule has 0 N–H and O–H groups in total. The van der Waals surface area contributed by atoms with Crippen LogP contribution >= 0.6 is 11.8 Å². The Balaban J connectivity index is 1.35. The maximum absolute atomic E-state index is 13.5. The minimum atomic E-state index is -0.366. The Morgan fingerprint density at radius 2 is 1.63 bits per heavy atom. The highest BCUT2D eigenvalue weighted by Crippen LogP contribution is 2.31. The van der Waals surface area contributed by atoms with Gasteiger partial charge in [-0.3, -0.25) is 14.5 Å². The first kappa shape index (κ1) is 23.1. The van der Waals surface area contributed by atoms with Crippen molar-refractivity contribution in [1.29, 1.82) is 0 Å². The van der Waals surface area contributed by atoms with E-state index in [1.807, 2.05) is 59.5 Å². The third-order valence-corrected chi connectivity index (χ3v) is 6.99. The second-order valence-corrected chi connectivity index (χ2v) is 9.38. The molecule has 0 spiro atoms. The van der Waals surface area contributed by atoms with Crippen molar-refractivity contribution in [3.05, 3.63) is 107 Å². The summed E-state index contributed by atoms with van der Waals surface area (Å²) in [6.45, 7) is 1.64. The predicted octanol–water partition coefficient (Wildman–Crippen LogP) is 5.74. The number of carbonyl (C=O) groups excluding carboxylic acids is 2. The lowest BCUT2D eigenvalue weighted by Crippen LogP contribution is -2.30. The molecule has 2 amide bonds. The molecular formula is C28H24FN3O2S. The number of anilines is 1. The quantitative estimate of drug-likeness (QED) is 0.433. The van der Waals surface area contributed by atoms with Crippen LogP contribution in [-0.2, 0) is 10.5 Å². The molecular weight excluding hydrogens is 461 g/mol. The number of aliphatic imine (C=N–C) groups is 1. The van der Waals surface area contributed by atoms with Gasteiger partial charge in [0, 0.05) is 24.4 Å². The normalized spacial score (nSPS) is 16.8. The highest BCUT2D eigenvalue weighted by atomic mass is 32.2. The van der Waals surface area contributed by atoms with Crippen molar-refractivity contribution >= 4 is 40.5 Å². The average Bonchev–Trinajstić information content (AvgIpc) is 3.53. The van der Waals surface area contributed by atoms with Crippen molar-refractivity contribution in [2.75, 3.05) is 18.0 Å². The van der Waals surface area contributed by atoms with E-state index >= 15 is 0 Å². The van der Waals surface area contributed by atoms with Gasteiger partial charge in [-0.05, 0) is 66.4 Å². The molecule has 0 aliphatic carbocycles. The minimum absolute atomic E-state index is 0.0747. The second-order valence-electron chi connectivity index (χ2n) is 8.44. The van der Waals surface area contributed by atoms with Crippen LogP contribution in [0.15, 0.2) is 89.6 Å². The van der Waals surface area contributed by atoms with Gasteiger partial charge in [0.15, 0.2) is 5.17 Å². The molecule has 0 atom stereocenters. The van der Waals surface area contributed by atoms with E-state index in [1.54, 1.807) is 18.2 Å². The molecule has 176 valence electrons. The van der Waals surface area contributed by atoms with Gasteiger partial charge in [-0.2, -0.15) is 0 Å². The monoisotopic (exact) mass is 485 g/mol. The predicted molar refractivity (Wildman–Crippen MR) is 139 cm³/mol. The van der Waals surface area contributed by atoms with Crippen molar-refractivity contribution in [3.8, 4) is 0 Å². The van der Waals surface area contributed by atoms with Gasteiger partial charge in [0.25, 0.3) is 11.8 Å². The van der Waals surface area contributed by atoms with Crippen LogP contribution in [0.25, 0.3) is 6.08 Å². The molecule has 35 heavy (non-hydrogen) atoms. The van der Waals surface area contributed by atoms with Gasteiger partial charge >= 0.3 is 0 Å². The molecule has 1 saturated heterocycles. The first-order chi connectivity index (χ1) is 17.1. The summed E-state index contributed by atoms with van der Waals surface area (Å²) in [4.78, 5) is 33.9. The molecule has 2 aliphatic heterocycles. The first-order valence-electron chi connectivity index (χ1n) is 11.5. The van der Waals surface area contributed by atoms with Crippen LogP contribution in [0.3, 0.4) is 0 Å². The van der Waals surface area contributed by atoms with E-state index in [0.29, 0.717) is 27.9 Å². The Morgan fingerprint density at radius 3 is 2.31 bits per heavy atom. The van der Waals surface area contributed by atoms with E-state index in [9.17, 15) is 14.0 Å². The van der Waals surface area contributed by atoms with E-state index in [0.717, 1.165) is 37.1 Å². The van der Waals surface area contributed by atoms with Crippen molar-refractivity contribution < 1.29 is 14.0 Å². The van der Waals surface area contributed by atoms with E-state index < -0.39 is 0 Å². The summed E-state index contributed by atoms with van der Waals surface area (Å²) in [5.41, 5.74) is 3.47. The summed E-state index contributed by atoms with van der Waals surface area (Å²) in [6, 6.07) is 23.0. The third-order valence-electron chi connectivity index (χ3n) is 5.98. The Hall–Kier alpha value is -3.71. The number of nitrogens with zero attached hydrogens (tertiary/aromatic N) is 3. The number of rotatable bonds is 5. The molecule has 0 saturated carbocycles. The van der Waals surface area contributed by atoms with E-state index in [1.165, 1.54) is 28.8 Å². The maximum atomic E-state index is 13.5. The summed E-state index contributed by atoms with van der Waals surface area (Å²) in [5, 5.41) is 0.529. The van der Waals surface area contributed by atoms with Crippen LogP contribution < -0.4 is 4.90 Å². The Bertz CT molecular complexity index is 1280. The molecule has 5 nitrogen and oxygen atoms in total. The van der Waals surface area contributed by atoms with Gasteiger partial charge in [-0.1, -0.05) is 54.2 Å². The number of carbonyl (C=O) groups is 2. The van der Waals surface area contributed by atoms with Gasteiger partial charge in [0.1, 0.15) is 11.5 Å². The lowest BCUT2D eigenvalue weighted by Gasteiger charge is -2.18. The number of hydrogen-bond acceptors (Lipinski definition) is 4. The molecule has 2 aliphatic rings. The summed E-state index contributed by atoms with van der Waals surface area (Å²) in [7, 11) is 0. The Labute approximate surface area is 208 Å². The van der Waals surface area contributed by atoms with Gasteiger partial charge in [-0.25, -0.2) is 9.38 Å². The molecule has 3 aromatic carbocycles. The topological polar surface area (TPSA) is 53.0 Å². The zero-order valence-electron chi connectivity index (χ0n) is 19.1. The van der Waals surface area contributed by atoms with Crippen molar-refractivity contribution in [2.45, 2.75) is 18.6 Å². The van der Waals surface area contributed by atoms with E-state index in [-0.39, 0.29) is 17.6 Å². The summed E-state index contributed by atoms with van der Waals surface area (Å²) in [6.07, 6.45) is 3.88. The molecule has 3 aromatic rings. The highest BCUT2D eigenvalue weighted by molar-refractivity contribution is 8.13. The number of amidine groups is 1. The van der Waals surface area contributed by atoms with Crippen molar-refractivity contribution in [2.24, 2.45) is 4.99 Å². The zero-order chi connectivity index (χ0) is 24.2. The molecule has 7 heteroatoms. The average molecular weight is 486 g/mol. The number of likely N-dealkylation sites (tertiary alicyclic amines) is 1. The molecule has 0 radical (unpaired) electrons. The highest BCUT2D eigenvalue weighted by Gasteiger charge is 2.32. The summed E-state index contributed by atoms with van der Waals surface area (Å²) >= 11 is 1.43. The number of halogens is 1. The second kappa shape index (κ2) is 10.3. The first-order valence-corrected chi connectivity index (χ1v) is 12.5. The lowest BCUT2D eigenvalue weighted by molar-refractivity contribution is -0.113. The number of thioether (sulfide) groups is 1. The van der Waals surface area contributed by atoms with Gasteiger partial charge in [0.05, 0.1) is 5.69 Å². The fourth-order valence-electron chi connectivity index (χ4n) is 4.11. The van der Waals surface area contributed by atoms with Crippen molar-refractivity contribution in [3.63, 3.8) is 0 Å². The molecule has 0 bridgehead atoms. The molecule has 2 heterocycles. The van der Waals surface area contributed by atoms with Gasteiger partial charge < -0.3 is 4.90 Å². The number of hydrogen-bond donors (Lipinski definition) is 0. The van der Waals surface area contributed by atoms with Crippen LogP contribution in [0.1, 0.15) is 34.3 Å². The standard InChI is InChI=1S/C28H24FN3O2S/c29-23-12-14-24(15-13-23)32-27(34)25(18-20-6-2-1-3-7-20)30-28(32)35-19-21-8-10-22(11-9-21)26(33)31-16-4-5-17-31/h1-3,6-15,18H,4-5,16-17,19H2/b25-18+. The van der Waals surface area contributed by atoms with Gasteiger partial charge in [-0.15, -0.1) is 0 Å². The summed E-state index contributed by atoms with van der Waals surface area (Å²) in [5.74, 6) is 0.0240. The fraction of sp³-hybridized carbons (Fsp3) is 0.179. The molecule has 0 aromatic heterocycles. The van der Waals surface area contributed by atoms with Crippen LogP contribution in [0.4, 0.5) is 10.1 Å². The Kier molecular flexibility index (Phi) is 6.77. The number of benzene rings is 3. The zero-order valence-corrected chi connectivity index (χ0v) is 19.9. The van der Waals surface area contributed by atoms with E-state index in [2.05, 4.69) is 4.99 Å². The van der Waals surface area contributed by atoms with Crippen molar-refractivity contribution in [1.82, 2.24) is 4.90 Å². The molecule has 5 rings (SSSR count). The minimum Gasteiger partial charge on any atom is -0.339 e. The molecule has 1 fully saturated rings. The van der Waals surface area contributed by atoms with Gasteiger partial charge in [0.2, 0.25) is 0 Å². The Morgan fingerprint density at radius 1 is 0.943 bits per heavy atom.